The molecule has 5 rings (SSSR count). The molecule has 1 aromatic heterocycles. The lowest BCUT2D eigenvalue weighted by molar-refractivity contribution is -0.192. The summed E-state index contributed by atoms with van der Waals surface area (Å²) >= 11 is 0. The Hall–Kier alpha value is -4.18. The van der Waals surface area contributed by atoms with E-state index in [2.05, 4.69) is 84.0 Å². The SMILES string of the molecule is Cc1cccc2[nH]c(-c3ccc(-c4cccc(CNCCCN5CCCC5=O)c4)cc3)nc12.O=C(O)C(F)(F)F. The molecule has 1 amide bonds. The lowest BCUT2D eigenvalue weighted by Gasteiger charge is -2.15. The van der Waals surface area contributed by atoms with Gasteiger partial charge in [0, 0.05) is 31.6 Å². The largest absolute Gasteiger partial charge is 0.490 e. The van der Waals surface area contributed by atoms with Gasteiger partial charge in [0.2, 0.25) is 5.91 Å². The smallest absolute Gasteiger partial charge is 0.475 e. The molecule has 2 heterocycles. The Morgan fingerprint density at radius 3 is 2.40 bits per heavy atom. The van der Waals surface area contributed by atoms with Crippen molar-refractivity contribution in [1.29, 1.82) is 0 Å². The first kappa shape index (κ1) is 28.8. The molecule has 1 fully saturated rings. The number of carboxylic acids is 1. The summed E-state index contributed by atoms with van der Waals surface area (Å²) in [6.07, 6.45) is -2.36. The van der Waals surface area contributed by atoms with Crippen LogP contribution in [0.15, 0.2) is 66.7 Å². The number of nitrogens with one attached hydrogen (secondary N) is 2. The van der Waals surface area contributed by atoms with Gasteiger partial charge in [0.1, 0.15) is 5.82 Å². The second-order valence-corrected chi connectivity index (χ2v) is 9.65. The van der Waals surface area contributed by atoms with Crippen molar-refractivity contribution in [3.05, 3.63) is 77.9 Å². The minimum atomic E-state index is -5.08. The fraction of sp³-hybridized carbons (Fsp3) is 0.300. The minimum Gasteiger partial charge on any atom is -0.475 e. The van der Waals surface area contributed by atoms with Crippen LogP contribution in [-0.2, 0) is 16.1 Å². The number of benzene rings is 3. The third-order valence-electron chi connectivity index (χ3n) is 6.66. The van der Waals surface area contributed by atoms with Crippen LogP contribution in [0.3, 0.4) is 0 Å². The van der Waals surface area contributed by atoms with Crippen LogP contribution in [-0.4, -0.2) is 57.7 Å². The van der Waals surface area contributed by atoms with Crippen LogP contribution in [0.2, 0.25) is 0 Å². The Balaban J connectivity index is 0.000000470. The van der Waals surface area contributed by atoms with Gasteiger partial charge in [0.05, 0.1) is 11.0 Å². The zero-order valence-electron chi connectivity index (χ0n) is 22.1. The number of carbonyl (C=O) groups is 2. The van der Waals surface area contributed by atoms with Crippen LogP contribution in [0.25, 0.3) is 33.5 Å². The summed E-state index contributed by atoms with van der Waals surface area (Å²) in [5.74, 6) is -1.55. The molecule has 10 heteroatoms. The molecule has 1 aliphatic rings. The van der Waals surface area contributed by atoms with Crippen molar-refractivity contribution < 1.29 is 27.9 Å². The molecule has 0 saturated carbocycles. The van der Waals surface area contributed by atoms with E-state index >= 15 is 0 Å². The second kappa shape index (κ2) is 12.8. The van der Waals surface area contributed by atoms with Gasteiger partial charge in [-0.3, -0.25) is 4.79 Å². The van der Waals surface area contributed by atoms with E-state index in [1.54, 1.807) is 0 Å². The quantitative estimate of drug-likeness (QED) is 0.235. The highest BCUT2D eigenvalue weighted by Gasteiger charge is 2.38. The van der Waals surface area contributed by atoms with E-state index in [-0.39, 0.29) is 0 Å². The van der Waals surface area contributed by atoms with Crippen LogP contribution in [0.1, 0.15) is 30.4 Å². The van der Waals surface area contributed by atoms with E-state index in [0.717, 1.165) is 67.9 Å². The number of hydrogen-bond donors (Lipinski definition) is 3. The number of imidazole rings is 1. The Morgan fingerprint density at radius 2 is 1.75 bits per heavy atom. The summed E-state index contributed by atoms with van der Waals surface area (Å²) < 4.78 is 31.7. The van der Waals surface area contributed by atoms with Crippen LogP contribution in [0, 0.1) is 6.92 Å². The third kappa shape index (κ3) is 7.47. The van der Waals surface area contributed by atoms with Crippen molar-refractivity contribution in [1.82, 2.24) is 20.2 Å². The number of aryl methyl sites for hydroxylation is 1. The third-order valence-corrected chi connectivity index (χ3v) is 6.66. The lowest BCUT2D eigenvalue weighted by Crippen LogP contribution is -2.28. The highest BCUT2D eigenvalue weighted by molar-refractivity contribution is 5.82. The number of hydrogen-bond acceptors (Lipinski definition) is 4. The summed E-state index contributed by atoms with van der Waals surface area (Å²) in [4.78, 5) is 30.8. The number of aromatic amines is 1. The van der Waals surface area contributed by atoms with Gasteiger partial charge < -0.3 is 20.3 Å². The normalized spacial score (nSPS) is 13.4. The van der Waals surface area contributed by atoms with Crippen molar-refractivity contribution in [2.75, 3.05) is 19.6 Å². The van der Waals surface area contributed by atoms with Crippen LogP contribution < -0.4 is 5.32 Å². The molecule has 1 aliphatic heterocycles. The fourth-order valence-corrected chi connectivity index (χ4v) is 4.56. The number of likely N-dealkylation sites (tertiary alicyclic amines) is 1. The molecule has 0 aliphatic carbocycles. The Bertz CT molecular complexity index is 1470. The number of aromatic nitrogens is 2. The number of fused-ring (bicyclic) bond motifs is 1. The maximum atomic E-state index is 11.7. The predicted octanol–water partition coefficient (Wildman–Crippen LogP) is 5.94. The van der Waals surface area contributed by atoms with E-state index in [1.807, 2.05) is 4.90 Å². The molecular weight excluding hydrogens is 521 g/mol. The number of carboxylic acid groups (broad SMARTS) is 1. The molecule has 0 atom stereocenters. The highest BCUT2D eigenvalue weighted by Crippen LogP contribution is 2.26. The summed E-state index contributed by atoms with van der Waals surface area (Å²) in [7, 11) is 0. The average Bonchev–Trinajstić information content (AvgIpc) is 3.55. The maximum absolute atomic E-state index is 11.7. The molecule has 210 valence electrons. The van der Waals surface area contributed by atoms with E-state index in [4.69, 9.17) is 14.9 Å². The van der Waals surface area contributed by atoms with Gasteiger partial charge in [-0.25, -0.2) is 9.78 Å². The van der Waals surface area contributed by atoms with Gasteiger partial charge in [0.15, 0.2) is 0 Å². The van der Waals surface area contributed by atoms with Crippen LogP contribution >= 0.6 is 0 Å². The van der Waals surface area contributed by atoms with Gasteiger partial charge in [-0.15, -0.1) is 0 Å². The first-order valence-corrected chi connectivity index (χ1v) is 13.1. The summed E-state index contributed by atoms with van der Waals surface area (Å²) in [6.45, 7) is 5.63. The molecule has 1 saturated heterocycles. The van der Waals surface area contributed by atoms with Crippen molar-refractivity contribution in [3.63, 3.8) is 0 Å². The molecule has 7 nitrogen and oxygen atoms in total. The van der Waals surface area contributed by atoms with Gasteiger partial charge in [-0.1, -0.05) is 54.6 Å². The Kier molecular flexibility index (Phi) is 9.21. The number of rotatable bonds is 8. The topological polar surface area (TPSA) is 98.3 Å². The maximum Gasteiger partial charge on any atom is 0.490 e. The second-order valence-electron chi connectivity index (χ2n) is 9.65. The van der Waals surface area contributed by atoms with E-state index < -0.39 is 12.1 Å². The van der Waals surface area contributed by atoms with Crippen molar-refractivity contribution in [2.24, 2.45) is 0 Å². The molecule has 3 N–H and O–H groups in total. The number of H-pyrrole nitrogens is 1. The first-order valence-electron chi connectivity index (χ1n) is 13.1. The van der Waals surface area contributed by atoms with Crippen LogP contribution in [0.5, 0.6) is 0 Å². The van der Waals surface area contributed by atoms with Gasteiger partial charge in [0.25, 0.3) is 0 Å². The Labute approximate surface area is 230 Å². The average molecular weight is 553 g/mol. The zero-order chi connectivity index (χ0) is 28.7. The molecule has 0 radical (unpaired) electrons. The molecule has 0 unspecified atom stereocenters. The monoisotopic (exact) mass is 552 g/mol. The number of carbonyl (C=O) groups excluding carboxylic acids is 1. The first-order chi connectivity index (χ1) is 19.1. The highest BCUT2D eigenvalue weighted by atomic mass is 19.4. The van der Waals surface area contributed by atoms with Crippen LogP contribution in [0.4, 0.5) is 13.2 Å². The molecule has 40 heavy (non-hydrogen) atoms. The lowest BCUT2D eigenvalue weighted by atomic mass is 10.0. The number of nitrogens with zero attached hydrogens (tertiary/aromatic N) is 2. The van der Waals surface area contributed by atoms with Crippen molar-refractivity contribution in [2.45, 2.75) is 38.9 Å². The zero-order valence-corrected chi connectivity index (χ0v) is 22.1. The number of para-hydroxylation sites is 1. The molecule has 4 aromatic rings. The number of amides is 1. The van der Waals surface area contributed by atoms with Gasteiger partial charge in [-0.05, 0) is 60.7 Å². The van der Waals surface area contributed by atoms with E-state index in [0.29, 0.717) is 5.91 Å². The molecule has 0 bridgehead atoms. The summed E-state index contributed by atoms with van der Waals surface area (Å²) in [6, 6.07) is 23.5. The number of alkyl halides is 3. The molecule has 3 aromatic carbocycles. The van der Waals surface area contributed by atoms with E-state index in [9.17, 15) is 18.0 Å². The predicted molar refractivity (Wildman–Crippen MR) is 148 cm³/mol. The van der Waals surface area contributed by atoms with Crippen molar-refractivity contribution >= 4 is 22.9 Å². The Morgan fingerprint density at radius 1 is 1.05 bits per heavy atom. The summed E-state index contributed by atoms with van der Waals surface area (Å²) in [5, 5.41) is 10.6. The number of aliphatic carboxylic acids is 1. The molecule has 0 spiro atoms. The van der Waals surface area contributed by atoms with Gasteiger partial charge >= 0.3 is 12.1 Å². The fourth-order valence-electron chi connectivity index (χ4n) is 4.56. The standard InChI is InChI=1S/C28H30N4O.C2HF3O2/c1-20-6-2-9-25-27(20)31-28(30-25)23-13-11-22(12-14-23)24-8-3-7-21(18-24)19-29-15-5-17-32-16-4-10-26(32)33;3-2(4,5)1(6)7/h2-3,6-9,11-14,18,29H,4-5,10,15-17,19H2,1H3,(H,30,31);(H,6,7). The van der Waals surface area contributed by atoms with Gasteiger partial charge in [-0.2, -0.15) is 13.2 Å². The minimum absolute atomic E-state index is 0.309. The molecular formula is C30H31F3N4O3. The summed E-state index contributed by atoms with van der Waals surface area (Å²) in [5.41, 5.74) is 8.04. The van der Waals surface area contributed by atoms with Crippen molar-refractivity contribution in [3.8, 4) is 22.5 Å². The number of halogens is 3. The van der Waals surface area contributed by atoms with E-state index in [1.165, 1.54) is 22.3 Å².